The van der Waals surface area contributed by atoms with Crippen LogP contribution >= 0.6 is 11.6 Å². The van der Waals surface area contributed by atoms with Crippen molar-refractivity contribution in [1.29, 1.82) is 0 Å². The zero-order valence-corrected chi connectivity index (χ0v) is 11.1. The number of nitrogens with one attached hydrogen (secondary N) is 1. The van der Waals surface area contributed by atoms with Crippen LogP contribution < -0.4 is 10.2 Å². The molecule has 1 aliphatic rings. The van der Waals surface area contributed by atoms with Crippen LogP contribution in [0.25, 0.3) is 0 Å². The molecule has 0 aliphatic carbocycles. The van der Waals surface area contributed by atoms with E-state index in [0.29, 0.717) is 25.3 Å². The minimum atomic E-state index is -1.08. The molecule has 1 aliphatic heterocycles. The van der Waals surface area contributed by atoms with Gasteiger partial charge in [-0.3, -0.25) is 4.79 Å². The molecule has 0 spiro atoms. The molecule has 0 bridgehead atoms. The van der Waals surface area contributed by atoms with E-state index >= 15 is 0 Å². The largest absolute Gasteiger partial charge is 0.478 e. The standard InChI is InChI=1S/C12H14ClN3O3/c1-2-9-11(17)14-3-4-16(9)10-8(13)5-7(6-15-10)12(18)19/h5-6,9H,2-4H2,1H3,(H,14,17)(H,18,19). The molecule has 1 fully saturated rings. The number of nitrogens with zero attached hydrogens (tertiary/aromatic N) is 2. The Morgan fingerprint density at radius 1 is 1.68 bits per heavy atom. The topological polar surface area (TPSA) is 82.5 Å². The number of piperazine rings is 1. The fourth-order valence-corrected chi connectivity index (χ4v) is 2.41. The fraction of sp³-hybridized carbons (Fsp3) is 0.417. The number of amides is 1. The molecule has 1 amide bonds. The molecule has 0 saturated carbocycles. The van der Waals surface area contributed by atoms with Gasteiger partial charge in [0.05, 0.1) is 10.6 Å². The van der Waals surface area contributed by atoms with Crippen LogP contribution in [-0.2, 0) is 4.79 Å². The van der Waals surface area contributed by atoms with Crippen molar-refractivity contribution in [2.45, 2.75) is 19.4 Å². The lowest BCUT2D eigenvalue weighted by Gasteiger charge is -2.35. The van der Waals surface area contributed by atoms with Crippen molar-refractivity contribution >= 4 is 29.3 Å². The molecule has 1 saturated heterocycles. The highest BCUT2D eigenvalue weighted by Crippen LogP contribution is 2.27. The molecule has 0 aromatic carbocycles. The number of hydrogen-bond donors (Lipinski definition) is 2. The third kappa shape index (κ3) is 2.63. The second-order valence-corrected chi connectivity index (χ2v) is 4.65. The maximum atomic E-state index is 11.8. The summed E-state index contributed by atoms with van der Waals surface area (Å²) in [6, 6.07) is 1.03. The van der Waals surface area contributed by atoms with Crippen LogP contribution in [-0.4, -0.2) is 41.1 Å². The SMILES string of the molecule is CCC1C(=O)NCCN1c1ncc(C(=O)O)cc1Cl. The molecule has 102 valence electrons. The molecule has 1 aromatic heterocycles. The first-order valence-corrected chi connectivity index (χ1v) is 6.35. The van der Waals surface area contributed by atoms with Gasteiger partial charge in [-0.25, -0.2) is 9.78 Å². The van der Waals surface area contributed by atoms with E-state index in [1.54, 1.807) is 0 Å². The first kappa shape index (κ1) is 13.6. The van der Waals surface area contributed by atoms with Crippen LogP contribution in [0.3, 0.4) is 0 Å². The summed E-state index contributed by atoms with van der Waals surface area (Å²) in [6.07, 6.45) is 1.88. The number of pyridine rings is 1. The number of carboxylic acid groups (broad SMARTS) is 1. The molecule has 2 rings (SSSR count). The van der Waals surface area contributed by atoms with Crippen LogP contribution in [0.5, 0.6) is 0 Å². The van der Waals surface area contributed by atoms with Gasteiger partial charge in [-0.2, -0.15) is 0 Å². The van der Waals surface area contributed by atoms with E-state index in [2.05, 4.69) is 10.3 Å². The van der Waals surface area contributed by atoms with Crippen LogP contribution in [0.2, 0.25) is 5.02 Å². The predicted molar refractivity (Wildman–Crippen MR) is 70.6 cm³/mol. The molecule has 0 radical (unpaired) electrons. The maximum absolute atomic E-state index is 11.8. The lowest BCUT2D eigenvalue weighted by Crippen LogP contribution is -2.55. The van der Waals surface area contributed by atoms with Crippen molar-refractivity contribution in [3.05, 3.63) is 22.8 Å². The highest BCUT2D eigenvalue weighted by atomic mass is 35.5. The lowest BCUT2D eigenvalue weighted by atomic mass is 10.1. The molecule has 2 N–H and O–H groups in total. The maximum Gasteiger partial charge on any atom is 0.337 e. The summed E-state index contributed by atoms with van der Waals surface area (Å²) in [5.74, 6) is -0.688. The Balaban J connectivity index is 2.35. The lowest BCUT2D eigenvalue weighted by molar-refractivity contribution is -0.123. The van der Waals surface area contributed by atoms with Gasteiger partial charge < -0.3 is 15.3 Å². The first-order valence-electron chi connectivity index (χ1n) is 5.97. The molecular formula is C12H14ClN3O3. The minimum Gasteiger partial charge on any atom is -0.478 e. The third-order valence-electron chi connectivity index (χ3n) is 3.06. The van der Waals surface area contributed by atoms with Crippen molar-refractivity contribution in [1.82, 2.24) is 10.3 Å². The van der Waals surface area contributed by atoms with E-state index in [1.165, 1.54) is 12.3 Å². The zero-order valence-electron chi connectivity index (χ0n) is 10.4. The Hall–Kier alpha value is -1.82. The molecule has 19 heavy (non-hydrogen) atoms. The summed E-state index contributed by atoms with van der Waals surface area (Å²) < 4.78 is 0. The molecule has 2 heterocycles. The Labute approximate surface area is 115 Å². The van der Waals surface area contributed by atoms with Crippen LogP contribution in [0.1, 0.15) is 23.7 Å². The number of rotatable bonds is 3. The number of carbonyl (C=O) groups is 2. The van der Waals surface area contributed by atoms with Gasteiger partial charge in [0.25, 0.3) is 0 Å². The molecule has 6 nitrogen and oxygen atoms in total. The van der Waals surface area contributed by atoms with E-state index in [9.17, 15) is 9.59 Å². The van der Waals surface area contributed by atoms with Gasteiger partial charge in [-0.1, -0.05) is 18.5 Å². The van der Waals surface area contributed by atoms with Gasteiger partial charge in [-0.05, 0) is 12.5 Å². The number of anilines is 1. The van der Waals surface area contributed by atoms with Gasteiger partial charge in [-0.15, -0.1) is 0 Å². The van der Waals surface area contributed by atoms with Gasteiger partial charge in [0.2, 0.25) is 5.91 Å². The summed E-state index contributed by atoms with van der Waals surface area (Å²) in [6.45, 7) is 3.03. The Morgan fingerprint density at radius 3 is 3.00 bits per heavy atom. The molecule has 1 atom stereocenters. The predicted octanol–water partition coefficient (Wildman–Crippen LogP) is 1.15. The van der Waals surface area contributed by atoms with Crippen LogP contribution in [0.15, 0.2) is 12.3 Å². The minimum absolute atomic E-state index is 0.0308. The second kappa shape index (κ2) is 5.44. The summed E-state index contributed by atoms with van der Waals surface area (Å²) in [7, 11) is 0. The average molecular weight is 284 g/mol. The van der Waals surface area contributed by atoms with Gasteiger partial charge in [0, 0.05) is 19.3 Å². The molecule has 1 unspecified atom stereocenters. The Bertz CT molecular complexity index is 521. The highest BCUT2D eigenvalue weighted by Gasteiger charge is 2.30. The number of aromatic carboxylic acids is 1. The Kier molecular flexibility index (Phi) is 3.90. The zero-order chi connectivity index (χ0) is 14.0. The normalized spacial score (nSPS) is 19.2. The number of hydrogen-bond acceptors (Lipinski definition) is 4. The molecule has 1 aromatic rings. The first-order chi connectivity index (χ1) is 9.04. The summed E-state index contributed by atoms with van der Waals surface area (Å²) in [5, 5.41) is 11.9. The monoisotopic (exact) mass is 283 g/mol. The number of carboxylic acids is 1. The third-order valence-corrected chi connectivity index (χ3v) is 3.34. The summed E-state index contributed by atoms with van der Waals surface area (Å²) >= 11 is 6.08. The van der Waals surface area contributed by atoms with E-state index in [-0.39, 0.29) is 22.5 Å². The number of aromatic nitrogens is 1. The van der Waals surface area contributed by atoms with Crippen molar-refractivity contribution in [3.8, 4) is 0 Å². The van der Waals surface area contributed by atoms with Crippen molar-refractivity contribution in [3.63, 3.8) is 0 Å². The van der Waals surface area contributed by atoms with E-state index < -0.39 is 5.97 Å². The fourth-order valence-electron chi connectivity index (χ4n) is 2.13. The highest BCUT2D eigenvalue weighted by molar-refractivity contribution is 6.33. The van der Waals surface area contributed by atoms with Gasteiger partial charge >= 0.3 is 5.97 Å². The van der Waals surface area contributed by atoms with E-state index in [0.717, 1.165) is 0 Å². The molecular weight excluding hydrogens is 270 g/mol. The van der Waals surface area contributed by atoms with Gasteiger partial charge in [0.15, 0.2) is 0 Å². The van der Waals surface area contributed by atoms with E-state index in [4.69, 9.17) is 16.7 Å². The number of halogens is 1. The quantitative estimate of drug-likeness (QED) is 0.869. The number of carbonyl (C=O) groups excluding carboxylic acids is 1. The average Bonchev–Trinajstić information content (AvgIpc) is 2.38. The van der Waals surface area contributed by atoms with Gasteiger partial charge in [0.1, 0.15) is 11.9 Å². The summed E-state index contributed by atoms with van der Waals surface area (Å²) in [5.41, 5.74) is 0.0308. The van der Waals surface area contributed by atoms with Crippen molar-refractivity contribution in [2.75, 3.05) is 18.0 Å². The van der Waals surface area contributed by atoms with E-state index in [1.807, 2.05) is 11.8 Å². The molecule has 7 heteroatoms. The van der Waals surface area contributed by atoms with Crippen LogP contribution in [0, 0.1) is 0 Å². The Morgan fingerprint density at radius 2 is 2.42 bits per heavy atom. The summed E-state index contributed by atoms with van der Waals surface area (Å²) in [4.78, 5) is 28.5. The second-order valence-electron chi connectivity index (χ2n) is 4.24. The van der Waals surface area contributed by atoms with Crippen LogP contribution in [0.4, 0.5) is 5.82 Å². The smallest absolute Gasteiger partial charge is 0.337 e. The van der Waals surface area contributed by atoms with Crippen molar-refractivity contribution < 1.29 is 14.7 Å². The van der Waals surface area contributed by atoms with Crippen molar-refractivity contribution in [2.24, 2.45) is 0 Å².